The van der Waals surface area contributed by atoms with Crippen LogP contribution in [0.15, 0.2) is 30.3 Å². The average Bonchev–Trinajstić information content (AvgIpc) is 2.80. The van der Waals surface area contributed by atoms with Gasteiger partial charge in [0.15, 0.2) is 0 Å². The number of alkyl carbamates (subject to hydrolysis) is 1. The number of hydrogen-bond donors (Lipinski definition) is 2. The van der Waals surface area contributed by atoms with Gasteiger partial charge in [-0.15, -0.1) is 0 Å². The molecule has 108 valence electrons. The first-order valence-electron chi connectivity index (χ1n) is 6.41. The molecule has 0 bridgehead atoms. The number of ether oxygens (including phenoxy) is 2. The second-order valence-corrected chi connectivity index (χ2v) is 4.58. The molecule has 1 aliphatic rings. The number of benzene rings is 1. The molecule has 0 radical (unpaired) electrons. The second kappa shape index (κ2) is 7.02. The Hall–Kier alpha value is -1.92. The van der Waals surface area contributed by atoms with Crippen molar-refractivity contribution < 1.29 is 24.2 Å². The highest BCUT2D eigenvalue weighted by molar-refractivity contribution is 5.67. The molecule has 6 nitrogen and oxygen atoms in total. The van der Waals surface area contributed by atoms with Crippen molar-refractivity contribution in [3.63, 3.8) is 0 Å². The Labute approximate surface area is 116 Å². The van der Waals surface area contributed by atoms with Gasteiger partial charge in [0, 0.05) is 6.42 Å². The summed E-state index contributed by atoms with van der Waals surface area (Å²) in [7, 11) is 0. The summed E-state index contributed by atoms with van der Waals surface area (Å²) in [5.41, 5.74) is 0.879. The standard InChI is InChI=1S/C14H17NO5/c16-7-6-12-13(17)11(9-19-12)15-14(18)20-8-10-4-2-1-3-5-10/h1-5,7,11-13,17H,6,8-9H2,(H,15,18)/t11-,12+,13-/m0/s1. The predicted molar refractivity (Wildman–Crippen MR) is 70.0 cm³/mol. The fourth-order valence-electron chi connectivity index (χ4n) is 2.03. The van der Waals surface area contributed by atoms with Crippen molar-refractivity contribution in [3.8, 4) is 0 Å². The molecule has 1 aromatic carbocycles. The molecule has 0 aliphatic carbocycles. The summed E-state index contributed by atoms with van der Waals surface area (Å²) in [5.74, 6) is 0. The zero-order chi connectivity index (χ0) is 14.4. The lowest BCUT2D eigenvalue weighted by Crippen LogP contribution is -2.44. The maximum Gasteiger partial charge on any atom is 0.407 e. The molecule has 0 aromatic heterocycles. The summed E-state index contributed by atoms with van der Waals surface area (Å²) in [6.07, 6.45) is -1.28. The highest BCUT2D eigenvalue weighted by atomic mass is 16.6. The highest BCUT2D eigenvalue weighted by Crippen LogP contribution is 2.16. The van der Waals surface area contributed by atoms with E-state index >= 15 is 0 Å². The number of carbonyl (C=O) groups is 2. The SMILES string of the molecule is O=CC[C@H]1OC[C@H](NC(=O)OCc2ccccc2)[C@@H]1O. The van der Waals surface area contributed by atoms with E-state index in [1.165, 1.54) is 0 Å². The predicted octanol–water partition coefficient (Wildman–Crippen LogP) is 0.630. The van der Waals surface area contributed by atoms with E-state index < -0.39 is 24.3 Å². The van der Waals surface area contributed by atoms with Crippen molar-refractivity contribution >= 4 is 12.4 Å². The maximum absolute atomic E-state index is 11.6. The smallest absolute Gasteiger partial charge is 0.407 e. The van der Waals surface area contributed by atoms with E-state index in [-0.39, 0.29) is 19.6 Å². The first-order chi connectivity index (χ1) is 9.70. The van der Waals surface area contributed by atoms with Crippen molar-refractivity contribution in [2.75, 3.05) is 6.61 Å². The molecule has 1 amide bonds. The van der Waals surface area contributed by atoms with Crippen LogP contribution in [-0.4, -0.2) is 42.3 Å². The van der Waals surface area contributed by atoms with Crippen LogP contribution in [0.2, 0.25) is 0 Å². The Morgan fingerprint density at radius 2 is 2.20 bits per heavy atom. The number of aliphatic hydroxyl groups excluding tert-OH is 1. The van der Waals surface area contributed by atoms with Crippen LogP contribution in [0.25, 0.3) is 0 Å². The molecular weight excluding hydrogens is 262 g/mol. The topological polar surface area (TPSA) is 84.9 Å². The molecule has 20 heavy (non-hydrogen) atoms. The van der Waals surface area contributed by atoms with Crippen molar-refractivity contribution in [1.82, 2.24) is 5.32 Å². The molecular formula is C14H17NO5. The van der Waals surface area contributed by atoms with Crippen LogP contribution in [0.5, 0.6) is 0 Å². The van der Waals surface area contributed by atoms with Crippen molar-refractivity contribution in [2.45, 2.75) is 31.3 Å². The van der Waals surface area contributed by atoms with Crippen molar-refractivity contribution in [1.29, 1.82) is 0 Å². The summed E-state index contributed by atoms with van der Waals surface area (Å²) >= 11 is 0. The third-order valence-corrected chi connectivity index (χ3v) is 3.13. The van der Waals surface area contributed by atoms with Crippen LogP contribution >= 0.6 is 0 Å². The molecule has 1 saturated heterocycles. The van der Waals surface area contributed by atoms with E-state index in [0.29, 0.717) is 6.29 Å². The van der Waals surface area contributed by atoms with Crippen LogP contribution in [-0.2, 0) is 20.9 Å². The van der Waals surface area contributed by atoms with Gasteiger partial charge in [-0.2, -0.15) is 0 Å². The second-order valence-electron chi connectivity index (χ2n) is 4.58. The van der Waals surface area contributed by atoms with E-state index in [1.54, 1.807) is 0 Å². The maximum atomic E-state index is 11.6. The first kappa shape index (κ1) is 14.5. The van der Waals surface area contributed by atoms with Gasteiger partial charge in [0.1, 0.15) is 19.0 Å². The molecule has 2 N–H and O–H groups in total. The Morgan fingerprint density at radius 3 is 2.90 bits per heavy atom. The largest absolute Gasteiger partial charge is 0.445 e. The molecule has 1 aromatic rings. The van der Waals surface area contributed by atoms with Crippen LogP contribution in [0, 0.1) is 0 Å². The minimum Gasteiger partial charge on any atom is -0.445 e. The van der Waals surface area contributed by atoms with Crippen molar-refractivity contribution in [3.05, 3.63) is 35.9 Å². The average molecular weight is 279 g/mol. The number of aldehydes is 1. The lowest BCUT2D eigenvalue weighted by Gasteiger charge is -2.17. The Bertz CT molecular complexity index is 450. The number of aliphatic hydroxyl groups is 1. The van der Waals surface area contributed by atoms with Gasteiger partial charge in [-0.3, -0.25) is 0 Å². The first-order valence-corrected chi connectivity index (χ1v) is 6.41. The number of amides is 1. The van der Waals surface area contributed by atoms with Gasteiger partial charge in [0.25, 0.3) is 0 Å². The zero-order valence-corrected chi connectivity index (χ0v) is 10.9. The number of carbonyl (C=O) groups excluding carboxylic acids is 2. The normalized spacial score (nSPS) is 25.1. The number of nitrogens with one attached hydrogen (secondary N) is 1. The van der Waals surface area contributed by atoms with Crippen LogP contribution in [0.4, 0.5) is 4.79 Å². The van der Waals surface area contributed by atoms with Gasteiger partial charge in [-0.05, 0) is 5.56 Å². The molecule has 1 fully saturated rings. The Morgan fingerprint density at radius 1 is 1.45 bits per heavy atom. The Balaban J connectivity index is 1.76. The van der Waals surface area contributed by atoms with E-state index in [2.05, 4.69) is 5.32 Å². The molecule has 6 heteroatoms. The monoisotopic (exact) mass is 279 g/mol. The minimum atomic E-state index is -0.899. The summed E-state index contributed by atoms with van der Waals surface area (Å²) in [6, 6.07) is 8.73. The number of rotatable bonds is 5. The van der Waals surface area contributed by atoms with Gasteiger partial charge in [0.05, 0.1) is 18.8 Å². The fraction of sp³-hybridized carbons (Fsp3) is 0.429. The van der Waals surface area contributed by atoms with Crippen LogP contribution in [0.3, 0.4) is 0 Å². The zero-order valence-electron chi connectivity index (χ0n) is 10.9. The van der Waals surface area contributed by atoms with E-state index in [4.69, 9.17) is 9.47 Å². The third kappa shape index (κ3) is 3.79. The molecule has 0 unspecified atom stereocenters. The molecule has 3 atom stereocenters. The summed E-state index contributed by atoms with van der Waals surface area (Å²) in [4.78, 5) is 22.0. The lowest BCUT2D eigenvalue weighted by molar-refractivity contribution is -0.110. The van der Waals surface area contributed by atoms with E-state index in [9.17, 15) is 14.7 Å². The molecule has 1 aliphatic heterocycles. The van der Waals surface area contributed by atoms with Gasteiger partial charge in [-0.1, -0.05) is 30.3 Å². The quantitative estimate of drug-likeness (QED) is 0.772. The van der Waals surface area contributed by atoms with E-state index in [0.717, 1.165) is 5.56 Å². The van der Waals surface area contributed by atoms with Gasteiger partial charge in [0.2, 0.25) is 0 Å². The molecule has 0 spiro atoms. The molecule has 2 rings (SSSR count). The minimum absolute atomic E-state index is 0.110. The number of hydrogen-bond acceptors (Lipinski definition) is 5. The summed E-state index contributed by atoms with van der Waals surface area (Å²) in [5, 5.41) is 12.4. The summed E-state index contributed by atoms with van der Waals surface area (Å²) in [6.45, 7) is 0.328. The molecule has 1 heterocycles. The summed E-state index contributed by atoms with van der Waals surface area (Å²) < 4.78 is 10.3. The third-order valence-electron chi connectivity index (χ3n) is 3.13. The fourth-order valence-corrected chi connectivity index (χ4v) is 2.03. The van der Waals surface area contributed by atoms with Crippen molar-refractivity contribution in [2.24, 2.45) is 0 Å². The van der Waals surface area contributed by atoms with Gasteiger partial charge >= 0.3 is 6.09 Å². The highest BCUT2D eigenvalue weighted by Gasteiger charge is 2.36. The lowest BCUT2D eigenvalue weighted by atomic mass is 10.1. The van der Waals surface area contributed by atoms with Crippen LogP contribution in [0.1, 0.15) is 12.0 Å². The van der Waals surface area contributed by atoms with E-state index in [1.807, 2.05) is 30.3 Å². The van der Waals surface area contributed by atoms with Gasteiger partial charge < -0.3 is 24.7 Å². The molecule has 0 saturated carbocycles. The van der Waals surface area contributed by atoms with Gasteiger partial charge in [-0.25, -0.2) is 4.79 Å². The van der Waals surface area contributed by atoms with Crippen LogP contribution < -0.4 is 5.32 Å². The Kier molecular flexibility index (Phi) is 5.09.